The Bertz CT molecular complexity index is 825. The molecule has 174 valence electrons. The smallest absolute Gasteiger partial charge is 0.00562 e. The van der Waals surface area contributed by atoms with Crippen LogP contribution in [0.4, 0.5) is 0 Å². The van der Waals surface area contributed by atoms with Crippen molar-refractivity contribution in [1.29, 1.82) is 0 Å². The minimum atomic E-state index is 0.341. The largest absolute Gasteiger partial charge is 0.0841 e. The first-order valence-electron chi connectivity index (χ1n) is 13.6. The standard InChI is InChI=1S/C31H50/c1-21-12-14-29(7)24(27(21,4)5)13-15-31(9)25(29)11-10-22-23-20-26(2,3)16-17-28(23,6)18-19-30(22,31)8/h10,16-17,21,23-25H,11-15,18-20H2,1-9H3. The quantitative estimate of drug-likeness (QED) is 0.341. The van der Waals surface area contributed by atoms with Gasteiger partial charge in [0.2, 0.25) is 0 Å². The lowest BCUT2D eigenvalue weighted by Gasteiger charge is -2.71. The predicted molar refractivity (Wildman–Crippen MR) is 134 cm³/mol. The molecule has 3 fully saturated rings. The van der Waals surface area contributed by atoms with Crippen LogP contribution in [-0.4, -0.2) is 0 Å². The van der Waals surface area contributed by atoms with E-state index in [-0.39, 0.29) is 0 Å². The molecule has 5 aliphatic carbocycles. The molecule has 5 aliphatic rings. The zero-order valence-electron chi connectivity index (χ0n) is 22.2. The number of fused-ring (bicyclic) bond motifs is 7. The summed E-state index contributed by atoms with van der Waals surface area (Å²) in [5, 5.41) is 0. The summed E-state index contributed by atoms with van der Waals surface area (Å²) in [6.45, 7) is 23.4. The average Bonchev–Trinajstić information content (AvgIpc) is 2.67. The Kier molecular flexibility index (Phi) is 4.55. The van der Waals surface area contributed by atoms with Gasteiger partial charge in [-0.05, 0) is 108 Å². The van der Waals surface area contributed by atoms with Gasteiger partial charge in [0, 0.05) is 0 Å². The molecule has 0 aliphatic heterocycles. The van der Waals surface area contributed by atoms with Crippen molar-refractivity contribution in [2.24, 2.45) is 56.2 Å². The first-order valence-corrected chi connectivity index (χ1v) is 13.6. The van der Waals surface area contributed by atoms with E-state index in [0.717, 1.165) is 23.7 Å². The fourth-order valence-corrected chi connectivity index (χ4v) is 10.3. The molecular weight excluding hydrogens is 372 g/mol. The van der Waals surface area contributed by atoms with Crippen molar-refractivity contribution < 1.29 is 0 Å². The Morgan fingerprint density at radius 1 is 0.774 bits per heavy atom. The predicted octanol–water partition coefficient (Wildman–Crippen LogP) is 9.22. The van der Waals surface area contributed by atoms with E-state index < -0.39 is 0 Å². The van der Waals surface area contributed by atoms with E-state index in [1.807, 2.05) is 5.57 Å². The van der Waals surface area contributed by atoms with Crippen LogP contribution in [0.25, 0.3) is 0 Å². The zero-order chi connectivity index (χ0) is 22.7. The minimum Gasteiger partial charge on any atom is -0.0841 e. The minimum absolute atomic E-state index is 0.341. The molecule has 0 aromatic carbocycles. The summed E-state index contributed by atoms with van der Waals surface area (Å²) in [5.41, 5.74) is 4.46. The second-order valence-corrected chi connectivity index (χ2v) is 15.1. The van der Waals surface area contributed by atoms with Gasteiger partial charge in [0.25, 0.3) is 0 Å². The Hall–Kier alpha value is -0.520. The van der Waals surface area contributed by atoms with Crippen molar-refractivity contribution >= 4 is 0 Å². The third-order valence-electron chi connectivity index (χ3n) is 13.0. The van der Waals surface area contributed by atoms with Crippen molar-refractivity contribution in [3.63, 3.8) is 0 Å². The molecule has 0 heteroatoms. The lowest BCUT2D eigenvalue weighted by atomic mass is 9.33. The van der Waals surface area contributed by atoms with Crippen LogP contribution in [0.5, 0.6) is 0 Å². The summed E-state index contributed by atoms with van der Waals surface area (Å²) < 4.78 is 0. The normalized spacial score (nSPS) is 54.7. The molecule has 31 heavy (non-hydrogen) atoms. The fourth-order valence-electron chi connectivity index (χ4n) is 10.3. The van der Waals surface area contributed by atoms with Gasteiger partial charge in [-0.15, -0.1) is 0 Å². The van der Waals surface area contributed by atoms with E-state index in [1.54, 1.807) is 0 Å². The van der Waals surface area contributed by atoms with E-state index in [0.29, 0.717) is 32.5 Å². The van der Waals surface area contributed by atoms with E-state index >= 15 is 0 Å². The highest BCUT2D eigenvalue weighted by molar-refractivity contribution is 5.35. The number of allylic oxidation sites excluding steroid dienone is 4. The molecule has 0 heterocycles. The summed E-state index contributed by atoms with van der Waals surface area (Å²) in [7, 11) is 0. The molecule has 0 spiro atoms. The molecule has 0 N–H and O–H groups in total. The van der Waals surface area contributed by atoms with Crippen LogP contribution >= 0.6 is 0 Å². The van der Waals surface area contributed by atoms with Gasteiger partial charge >= 0.3 is 0 Å². The highest BCUT2D eigenvalue weighted by Crippen LogP contribution is 2.75. The summed E-state index contributed by atoms with van der Waals surface area (Å²) in [6.07, 6.45) is 19.2. The van der Waals surface area contributed by atoms with Gasteiger partial charge in [-0.2, -0.15) is 0 Å². The van der Waals surface area contributed by atoms with Gasteiger partial charge < -0.3 is 0 Å². The Morgan fingerprint density at radius 3 is 2.19 bits per heavy atom. The summed E-state index contributed by atoms with van der Waals surface area (Å²) >= 11 is 0. The van der Waals surface area contributed by atoms with Gasteiger partial charge in [0.05, 0.1) is 0 Å². The molecule has 5 rings (SSSR count). The lowest BCUT2D eigenvalue weighted by molar-refractivity contribution is -0.187. The van der Waals surface area contributed by atoms with E-state index in [4.69, 9.17) is 0 Å². The molecule has 0 amide bonds. The summed E-state index contributed by atoms with van der Waals surface area (Å²) in [5.74, 6) is 3.37. The van der Waals surface area contributed by atoms with Gasteiger partial charge in [-0.3, -0.25) is 0 Å². The first-order chi connectivity index (χ1) is 14.2. The van der Waals surface area contributed by atoms with E-state index in [2.05, 4.69) is 80.5 Å². The maximum absolute atomic E-state index is 2.82. The Morgan fingerprint density at radius 2 is 1.48 bits per heavy atom. The van der Waals surface area contributed by atoms with Crippen molar-refractivity contribution in [3.05, 3.63) is 23.8 Å². The molecule has 0 aromatic rings. The fraction of sp³-hybridized carbons (Fsp3) is 0.871. The highest BCUT2D eigenvalue weighted by Gasteiger charge is 2.67. The zero-order valence-corrected chi connectivity index (χ0v) is 22.2. The monoisotopic (exact) mass is 422 g/mol. The van der Waals surface area contributed by atoms with Crippen molar-refractivity contribution in [3.8, 4) is 0 Å². The van der Waals surface area contributed by atoms with Crippen LogP contribution in [0.3, 0.4) is 0 Å². The van der Waals surface area contributed by atoms with Crippen LogP contribution in [0.2, 0.25) is 0 Å². The first kappa shape index (κ1) is 22.3. The molecule has 8 atom stereocenters. The summed E-state index contributed by atoms with van der Waals surface area (Å²) in [6, 6.07) is 0. The molecule has 8 unspecified atom stereocenters. The second-order valence-electron chi connectivity index (χ2n) is 15.1. The van der Waals surface area contributed by atoms with Gasteiger partial charge in [-0.25, -0.2) is 0 Å². The molecule has 0 bridgehead atoms. The second kappa shape index (κ2) is 6.33. The van der Waals surface area contributed by atoms with Crippen LogP contribution in [-0.2, 0) is 0 Å². The molecular formula is C31H50. The average molecular weight is 423 g/mol. The molecule has 3 saturated carbocycles. The molecule has 0 saturated heterocycles. The molecule has 0 aromatic heterocycles. The lowest BCUT2D eigenvalue weighted by Crippen LogP contribution is -2.63. The Balaban J connectivity index is 1.59. The van der Waals surface area contributed by atoms with Crippen LogP contribution in [0.15, 0.2) is 23.8 Å². The van der Waals surface area contributed by atoms with Gasteiger partial charge in [0.1, 0.15) is 0 Å². The third kappa shape index (κ3) is 2.72. The highest BCUT2D eigenvalue weighted by atomic mass is 14.7. The topological polar surface area (TPSA) is 0 Å². The van der Waals surface area contributed by atoms with Crippen LogP contribution < -0.4 is 0 Å². The van der Waals surface area contributed by atoms with Crippen molar-refractivity contribution in [1.82, 2.24) is 0 Å². The SMILES string of the molecule is CC1CCC2(C)C(CCC3(C)C2CC=C2C4CC(C)(C)C=CC4(C)CCC23C)C1(C)C. The molecule has 0 radical (unpaired) electrons. The van der Waals surface area contributed by atoms with Gasteiger partial charge in [-0.1, -0.05) is 86.1 Å². The van der Waals surface area contributed by atoms with Crippen LogP contribution in [0.1, 0.15) is 114 Å². The third-order valence-corrected chi connectivity index (χ3v) is 13.0. The Labute approximate surface area is 193 Å². The maximum atomic E-state index is 2.82. The van der Waals surface area contributed by atoms with Crippen molar-refractivity contribution in [2.45, 2.75) is 114 Å². The number of hydrogen-bond acceptors (Lipinski definition) is 0. The van der Waals surface area contributed by atoms with E-state index in [9.17, 15) is 0 Å². The van der Waals surface area contributed by atoms with Crippen LogP contribution in [0, 0.1) is 56.2 Å². The number of rotatable bonds is 0. The van der Waals surface area contributed by atoms with Crippen molar-refractivity contribution in [2.75, 3.05) is 0 Å². The van der Waals surface area contributed by atoms with Gasteiger partial charge in [0.15, 0.2) is 0 Å². The molecule has 0 nitrogen and oxygen atoms in total. The van der Waals surface area contributed by atoms with E-state index in [1.165, 1.54) is 51.4 Å². The summed E-state index contributed by atoms with van der Waals surface area (Å²) in [4.78, 5) is 0. The maximum Gasteiger partial charge on any atom is -0.00562 e. The number of hydrogen-bond donors (Lipinski definition) is 0.